The Morgan fingerprint density at radius 3 is 2.20 bits per heavy atom. The summed E-state index contributed by atoms with van der Waals surface area (Å²) in [4.78, 5) is 16.9. The molecule has 1 amide bonds. The SMILES string of the molecule is Cc1ccc(S(=O)(=O)c2nc(-c3ccc(F)cc3)oc2SCC(=O)Nc2cc(C)cc(C)c2)cc1. The minimum absolute atomic E-state index is 0.0135. The highest BCUT2D eigenvalue weighted by atomic mass is 32.2. The molecule has 1 N–H and O–H groups in total. The monoisotopic (exact) mass is 510 g/mol. The van der Waals surface area contributed by atoms with Crippen LogP contribution in [0.15, 0.2) is 86.2 Å². The van der Waals surface area contributed by atoms with Crippen LogP contribution in [0, 0.1) is 26.6 Å². The van der Waals surface area contributed by atoms with Crippen molar-refractivity contribution in [2.75, 3.05) is 11.1 Å². The number of hydrogen-bond acceptors (Lipinski definition) is 6. The summed E-state index contributed by atoms with van der Waals surface area (Å²) in [5.41, 5.74) is 4.01. The average Bonchev–Trinajstić information content (AvgIpc) is 3.23. The van der Waals surface area contributed by atoms with Gasteiger partial charge in [-0.1, -0.05) is 35.5 Å². The number of nitrogens with one attached hydrogen (secondary N) is 1. The third kappa shape index (κ3) is 5.80. The summed E-state index contributed by atoms with van der Waals surface area (Å²) in [6.07, 6.45) is 0. The molecule has 0 saturated heterocycles. The van der Waals surface area contributed by atoms with E-state index < -0.39 is 15.7 Å². The van der Waals surface area contributed by atoms with E-state index in [1.54, 1.807) is 12.1 Å². The van der Waals surface area contributed by atoms with Gasteiger partial charge in [0.05, 0.1) is 10.6 Å². The number of sulfone groups is 1. The standard InChI is InChI=1S/C26H23FN2O4S2/c1-16-4-10-22(11-5-16)35(31,32)25-26(33-24(29-25)19-6-8-20(27)9-7-19)34-15-23(30)28-21-13-17(2)12-18(3)14-21/h4-14H,15H2,1-3H3,(H,28,30). The highest BCUT2D eigenvalue weighted by Gasteiger charge is 2.29. The van der Waals surface area contributed by atoms with Crippen molar-refractivity contribution >= 4 is 33.2 Å². The molecule has 0 fully saturated rings. The Labute approximate surface area is 207 Å². The van der Waals surface area contributed by atoms with Crippen LogP contribution in [-0.2, 0) is 14.6 Å². The number of oxazole rings is 1. The minimum atomic E-state index is -4.03. The molecule has 0 spiro atoms. The van der Waals surface area contributed by atoms with Crippen molar-refractivity contribution in [1.29, 1.82) is 0 Å². The van der Waals surface area contributed by atoms with Gasteiger partial charge in [0.1, 0.15) is 5.82 Å². The van der Waals surface area contributed by atoms with Gasteiger partial charge in [-0.15, -0.1) is 0 Å². The summed E-state index contributed by atoms with van der Waals surface area (Å²) in [7, 11) is -4.03. The Balaban J connectivity index is 1.64. The number of aryl methyl sites for hydroxylation is 3. The van der Waals surface area contributed by atoms with Gasteiger partial charge in [-0.2, -0.15) is 4.98 Å². The van der Waals surface area contributed by atoms with Crippen molar-refractivity contribution in [1.82, 2.24) is 4.98 Å². The van der Waals surface area contributed by atoms with Gasteiger partial charge in [-0.25, -0.2) is 12.8 Å². The van der Waals surface area contributed by atoms with E-state index >= 15 is 0 Å². The van der Waals surface area contributed by atoms with Crippen LogP contribution in [-0.4, -0.2) is 25.1 Å². The number of nitrogens with zero attached hydrogens (tertiary/aromatic N) is 1. The lowest BCUT2D eigenvalue weighted by atomic mass is 10.1. The normalized spacial score (nSPS) is 11.4. The first kappa shape index (κ1) is 24.7. The summed E-state index contributed by atoms with van der Waals surface area (Å²) in [6.45, 7) is 5.73. The lowest BCUT2D eigenvalue weighted by Crippen LogP contribution is -2.14. The number of halogens is 1. The Hall–Kier alpha value is -3.43. The topological polar surface area (TPSA) is 89.3 Å². The predicted octanol–water partition coefficient (Wildman–Crippen LogP) is 5.97. The number of aromatic nitrogens is 1. The first-order valence-corrected chi connectivity index (χ1v) is 13.2. The summed E-state index contributed by atoms with van der Waals surface area (Å²) < 4.78 is 45.9. The first-order valence-electron chi connectivity index (χ1n) is 10.7. The molecule has 0 aliphatic rings. The fourth-order valence-corrected chi connectivity index (χ4v) is 5.80. The molecule has 4 rings (SSSR count). The molecule has 0 aliphatic carbocycles. The molecule has 6 nitrogen and oxygen atoms in total. The minimum Gasteiger partial charge on any atom is -0.428 e. The number of benzene rings is 3. The van der Waals surface area contributed by atoms with E-state index in [0.29, 0.717) is 11.3 Å². The third-order valence-electron chi connectivity index (χ3n) is 5.08. The van der Waals surface area contributed by atoms with Gasteiger partial charge in [-0.3, -0.25) is 4.79 Å². The summed E-state index contributed by atoms with van der Waals surface area (Å²) in [5.74, 6) is -0.835. The third-order valence-corrected chi connectivity index (χ3v) is 7.84. The molecular formula is C26H23FN2O4S2. The van der Waals surface area contributed by atoms with E-state index in [-0.39, 0.29) is 32.6 Å². The van der Waals surface area contributed by atoms with Gasteiger partial charge in [0.15, 0.2) is 0 Å². The van der Waals surface area contributed by atoms with E-state index in [9.17, 15) is 17.6 Å². The molecule has 35 heavy (non-hydrogen) atoms. The largest absolute Gasteiger partial charge is 0.428 e. The molecule has 1 heterocycles. The fourth-order valence-electron chi connectivity index (χ4n) is 3.47. The molecule has 3 aromatic carbocycles. The molecule has 9 heteroatoms. The van der Waals surface area contributed by atoms with Crippen molar-refractivity contribution in [2.24, 2.45) is 0 Å². The van der Waals surface area contributed by atoms with E-state index in [4.69, 9.17) is 4.42 Å². The zero-order valence-corrected chi connectivity index (χ0v) is 21.0. The summed E-state index contributed by atoms with van der Waals surface area (Å²) in [6, 6.07) is 17.4. The second-order valence-corrected chi connectivity index (χ2v) is 11.0. The van der Waals surface area contributed by atoms with Gasteiger partial charge in [0.25, 0.3) is 0 Å². The highest BCUT2D eigenvalue weighted by Crippen LogP contribution is 2.35. The number of hydrogen-bond donors (Lipinski definition) is 1. The van der Waals surface area contributed by atoms with Crippen LogP contribution in [0.5, 0.6) is 0 Å². The molecule has 0 radical (unpaired) electrons. The van der Waals surface area contributed by atoms with Crippen LogP contribution in [0.3, 0.4) is 0 Å². The predicted molar refractivity (Wildman–Crippen MR) is 134 cm³/mol. The number of carbonyl (C=O) groups is 1. The Morgan fingerprint density at radius 1 is 0.943 bits per heavy atom. The average molecular weight is 511 g/mol. The van der Waals surface area contributed by atoms with Crippen molar-refractivity contribution in [3.8, 4) is 11.5 Å². The number of thioether (sulfide) groups is 1. The van der Waals surface area contributed by atoms with E-state index in [1.165, 1.54) is 36.4 Å². The van der Waals surface area contributed by atoms with Crippen LogP contribution in [0.2, 0.25) is 0 Å². The van der Waals surface area contributed by atoms with E-state index in [1.807, 2.05) is 39.0 Å². The molecular weight excluding hydrogens is 487 g/mol. The van der Waals surface area contributed by atoms with Crippen LogP contribution < -0.4 is 5.32 Å². The van der Waals surface area contributed by atoms with Crippen molar-refractivity contribution < 1.29 is 22.0 Å². The van der Waals surface area contributed by atoms with Crippen molar-refractivity contribution in [3.63, 3.8) is 0 Å². The van der Waals surface area contributed by atoms with E-state index in [2.05, 4.69) is 10.3 Å². The maximum Gasteiger partial charge on any atom is 0.234 e. The molecule has 0 unspecified atom stereocenters. The summed E-state index contributed by atoms with van der Waals surface area (Å²) in [5, 5.41) is 2.52. The van der Waals surface area contributed by atoms with Crippen molar-refractivity contribution in [3.05, 3.63) is 89.2 Å². The van der Waals surface area contributed by atoms with Gasteiger partial charge in [0, 0.05) is 11.3 Å². The van der Waals surface area contributed by atoms with Crippen LogP contribution in [0.4, 0.5) is 10.1 Å². The Kier molecular flexibility index (Phi) is 7.09. The number of amides is 1. The molecule has 4 aromatic rings. The van der Waals surface area contributed by atoms with Gasteiger partial charge < -0.3 is 9.73 Å². The Morgan fingerprint density at radius 2 is 1.57 bits per heavy atom. The number of rotatable bonds is 7. The van der Waals surface area contributed by atoms with Crippen LogP contribution in [0.25, 0.3) is 11.5 Å². The summed E-state index contributed by atoms with van der Waals surface area (Å²) >= 11 is 0.932. The lowest BCUT2D eigenvalue weighted by molar-refractivity contribution is -0.113. The highest BCUT2D eigenvalue weighted by molar-refractivity contribution is 8.00. The Bertz CT molecular complexity index is 1460. The van der Waals surface area contributed by atoms with E-state index in [0.717, 1.165) is 28.5 Å². The second-order valence-electron chi connectivity index (χ2n) is 8.15. The molecule has 0 bridgehead atoms. The number of carbonyl (C=O) groups excluding carboxylic acids is 1. The zero-order valence-electron chi connectivity index (χ0n) is 19.3. The number of anilines is 1. The molecule has 0 aliphatic heterocycles. The maximum atomic E-state index is 13.4. The molecule has 0 saturated carbocycles. The van der Waals surface area contributed by atoms with Crippen molar-refractivity contribution in [2.45, 2.75) is 35.8 Å². The maximum absolute atomic E-state index is 13.4. The zero-order chi connectivity index (χ0) is 25.2. The molecule has 1 aromatic heterocycles. The molecule has 180 valence electrons. The smallest absolute Gasteiger partial charge is 0.234 e. The lowest BCUT2D eigenvalue weighted by Gasteiger charge is -2.07. The van der Waals surface area contributed by atoms with Gasteiger partial charge in [0.2, 0.25) is 31.8 Å². The van der Waals surface area contributed by atoms with Crippen LogP contribution in [0.1, 0.15) is 16.7 Å². The van der Waals surface area contributed by atoms with Gasteiger partial charge in [-0.05, 0) is 80.4 Å². The van der Waals surface area contributed by atoms with Gasteiger partial charge >= 0.3 is 0 Å². The first-order chi connectivity index (χ1) is 16.6. The second kappa shape index (κ2) is 10.1. The molecule has 0 atom stereocenters. The quantitative estimate of drug-likeness (QED) is 0.308. The van der Waals surface area contributed by atoms with Crippen LogP contribution >= 0.6 is 11.8 Å². The fraction of sp³-hybridized carbons (Fsp3) is 0.154.